The average molecular weight is 364 g/mol. The van der Waals surface area contributed by atoms with Crippen LogP contribution in [0.2, 0.25) is 0 Å². The van der Waals surface area contributed by atoms with Crippen molar-refractivity contribution in [2.45, 2.75) is 46.2 Å². The van der Waals surface area contributed by atoms with Crippen molar-refractivity contribution >= 4 is 33.4 Å². The second kappa shape index (κ2) is 7.35. The average Bonchev–Trinajstić information content (AvgIpc) is 3.29. The summed E-state index contributed by atoms with van der Waals surface area (Å²) in [5.74, 6) is 0.659. The molecule has 2 aromatic carbocycles. The molecule has 1 fully saturated rings. The van der Waals surface area contributed by atoms with Gasteiger partial charge in [0.25, 0.3) is 0 Å². The number of nitrogens with one attached hydrogen (secondary N) is 1. The monoisotopic (exact) mass is 363 g/mol. The summed E-state index contributed by atoms with van der Waals surface area (Å²) in [5, 5.41) is 5.59. The van der Waals surface area contributed by atoms with E-state index in [0.717, 1.165) is 25.3 Å². The fourth-order valence-corrected chi connectivity index (χ4v) is 4.23. The van der Waals surface area contributed by atoms with Crippen LogP contribution in [-0.2, 0) is 11.3 Å². The molecule has 1 N–H and O–H groups in total. The second-order valence-electron chi connectivity index (χ2n) is 8.16. The molecule has 1 amide bonds. The minimum Gasteiger partial charge on any atom is -0.340 e. The van der Waals surface area contributed by atoms with Gasteiger partial charge in [0.1, 0.15) is 0 Å². The molecule has 27 heavy (non-hydrogen) atoms. The predicted octanol–water partition coefficient (Wildman–Crippen LogP) is 4.87. The lowest BCUT2D eigenvalue weighted by molar-refractivity contribution is -0.120. The number of carbonyl (C=O) groups excluding carboxylic acids is 1. The molecule has 0 aliphatic carbocycles. The van der Waals surface area contributed by atoms with Gasteiger partial charge >= 0.3 is 0 Å². The normalized spacial score (nSPS) is 16.4. The van der Waals surface area contributed by atoms with E-state index in [4.69, 9.17) is 0 Å². The Hall–Kier alpha value is -2.33. The third kappa shape index (κ3) is 3.46. The first-order chi connectivity index (χ1) is 13.0. The van der Waals surface area contributed by atoms with Crippen molar-refractivity contribution in [3.8, 4) is 0 Å². The van der Waals surface area contributed by atoms with Gasteiger partial charge in [-0.3, -0.25) is 9.69 Å². The molecule has 1 aliphatic heterocycles. The number of likely N-dealkylation sites (tertiary alicyclic amines) is 1. The molecule has 1 aliphatic rings. The zero-order chi connectivity index (χ0) is 19.0. The minimum absolute atomic E-state index is 0.0783. The van der Waals surface area contributed by atoms with Crippen LogP contribution in [0.25, 0.3) is 21.8 Å². The third-order valence-electron chi connectivity index (χ3n) is 5.66. The maximum atomic E-state index is 12.7. The van der Waals surface area contributed by atoms with Crippen LogP contribution in [-0.4, -0.2) is 34.5 Å². The molecule has 3 aromatic rings. The molecule has 4 heteroatoms. The predicted molar refractivity (Wildman–Crippen MR) is 113 cm³/mol. The van der Waals surface area contributed by atoms with E-state index in [1.54, 1.807) is 0 Å². The molecule has 2 heterocycles. The highest BCUT2D eigenvalue weighted by Crippen LogP contribution is 2.31. The fourth-order valence-electron chi connectivity index (χ4n) is 4.23. The Morgan fingerprint density at radius 3 is 2.44 bits per heavy atom. The molecule has 1 aromatic heterocycles. The van der Waals surface area contributed by atoms with Gasteiger partial charge in [-0.1, -0.05) is 32.0 Å². The lowest BCUT2D eigenvalue weighted by Gasteiger charge is -2.22. The molecule has 4 nitrogen and oxygen atoms in total. The van der Waals surface area contributed by atoms with E-state index in [0.29, 0.717) is 5.92 Å². The number of hydrogen-bond acceptors (Lipinski definition) is 2. The molecule has 0 bridgehead atoms. The second-order valence-corrected chi connectivity index (χ2v) is 8.16. The highest BCUT2D eigenvalue weighted by molar-refractivity contribution is 6.10. The summed E-state index contributed by atoms with van der Waals surface area (Å²) in [5.41, 5.74) is 3.37. The van der Waals surface area contributed by atoms with E-state index in [-0.39, 0.29) is 11.9 Å². The first-order valence-electron chi connectivity index (χ1n) is 10.1. The van der Waals surface area contributed by atoms with Crippen molar-refractivity contribution in [2.24, 2.45) is 5.92 Å². The number of fused-ring (bicyclic) bond motifs is 3. The zero-order valence-electron chi connectivity index (χ0n) is 16.5. The van der Waals surface area contributed by atoms with E-state index in [9.17, 15) is 4.79 Å². The summed E-state index contributed by atoms with van der Waals surface area (Å²) in [6, 6.07) is 14.8. The molecule has 0 radical (unpaired) electrons. The minimum atomic E-state index is -0.0783. The first kappa shape index (κ1) is 18.1. The van der Waals surface area contributed by atoms with E-state index >= 15 is 0 Å². The topological polar surface area (TPSA) is 37.3 Å². The number of benzene rings is 2. The molecule has 1 unspecified atom stereocenters. The van der Waals surface area contributed by atoms with Crippen molar-refractivity contribution in [3.63, 3.8) is 0 Å². The number of rotatable bonds is 5. The van der Waals surface area contributed by atoms with Gasteiger partial charge in [-0.05, 0) is 63.0 Å². The van der Waals surface area contributed by atoms with Gasteiger partial charge in [0.2, 0.25) is 5.91 Å². The summed E-state index contributed by atoms with van der Waals surface area (Å²) >= 11 is 0. The Balaban J connectivity index is 1.67. The van der Waals surface area contributed by atoms with Crippen molar-refractivity contribution in [1.82, 2.24) is 9.47 Å². The highest BCUT2D eigenvalue weighted by Gasteiger charge is 2.24. The summed E-state index contributed by atoms with van der Waals surface area (Å²) in [4.78, 5) is 15.0. The van der Waals surface area contributed by atoms with Crippen LogP contribution in [0.5, 0.6) is 0 Å². The summed E-state index contributed by atoms with van der Waals surface area (Å²) in [7, 11) is 0. The van der Waals surface area contributed by atoms with Crippen LogP contribution < -0.4 is 5.32 Å². The van der Waals surface area contributed by atoms with Crippen LogP contribution in [0.15, 0.2) is 42.5 Å². The Bertz CT molecular complexity index is 966. The molecular formula is C23H29N3O. The number of anilines is 1. The maximum absolute atomic E-state index is 12.7. The van der Waals surface area contributed by atoms with E-state index in [2.05, 4.69) is 65.0 Å². The Morgan fingerprint density at radius 1 is 1.00 bits per heavy atom. The lowest BCUT2D eigenvalue weighted by atomic mass is 10.1. The van der Waals surface area contributed by atoms with E-state index in [1.165, 1.54) is 34.6 Å². The lowest BCUT2D eigenvalue weighted by Crippen LogP contribution is -2.40. The Morgan fingerprint density at radius 2 is 1.70 bits per heavy atom. The number of carbonyl (C=O) groups is 1. The fraction of sp³-hybridized carbons (Fsp3) is 0.435. The molecule has 142 valence electrons. The van der Waals surface area contributed by atoms with Gasteiger partial charge in [-0.2, -0.15) is 0 Å². The third-order valence-corrected chi connectivity index (χ3v) is 5.66. The number of para-hydroxylation sites is 1. The molecular weight excluding hydrogens is 334 g/mol. The Labute approximate surface area is 161 Å². The summed E-state index contributed by atoms with van der Waals surface area (Å²) < 4.78 is 2.40. The van der Waals surface area contributed by atoms with Gasteiger partial charge in [-0.15, -0.1) is 0 Å². The van der Waals surface area contributed by atoms with E-state index in [1.807, 2.05) is 13.0 Å². The van der Waals surface area contributed by atoms with Gasteiger partial charge < -0.3 is 9.88 Å². The summed E-state index contributed by atoms with van der Waals surface area (Å²) in [6.45, 7) is 9.53. The first-order valence-corrected chi connectivity index (χ1v) is 10.1. The van der Waals surface area contributed by atoms with Gasteiger partial charge in [0, 0.05) is 34.0 Å². The largest absolute Gasteiger partial charge is 0.340 e. The molecule has 0 spiro atoms. The quantitative estimate of drug-likeness (QED) is 0.702. The van der Waals surface area contributed by atoms with Gasteiger partial charge in [-0.25, -0.2) is 0 Å². The SMILES string of the molecule is CC(C)Cn1c2ccccc2c2cc(NC(=O)C(C)N3CCCC3)ccc21. The smallest absolute Gasteiger partial charge is 0.241 e. The van der Waals surface area contributed by atoms with Gasteiger partial charge in [0.15, 0.2) is 0 Å². The molecule has 4 rings (SSSR count). The highest BCUT2D eigenvalue weighted by atomic mass is 16.2. The van der Waals surface area contributed by atoms with E-state index < -0.39 is 0 Å². The molecule has 1 saturated heterocycles. The standard InChI is InChI=1S/C23H29N3O/c1-16(2)15-26-21-9-5-4-8-19(21)20-14-18(10-11-22(20)26)24-23(27)17(3)25-12-6-7-13-25/h4-5,8-11,14,16-17H,6-7,12-13,15H2,1-3H3,(H,24,27). The van der Waals surface area contributed by atoms with Crippen molar-refractivity contribution in [3.05, 3.63) is 42.5 Å². The van der Waals surface area contributed by atoms with Gasteiger partial charge in [0.05, 0.1) is 6.04 Å². The summed E-state index contributed by atoms with van der Waals surface area (Å²) in [6.07, 6.45) is 2.39. The van der Waals surface area contributed by atoms with Crippen LogP contribution in [0, 0.1) is 5.92 Å². The molecule has 1 atom stereocenters. The van der Waals surface area contributed by atoms with Crippen molar-refractivity contribution in [2.75, 3.05) is 18.4 Å². The maximum Gasteiger partial charge on any atom is 0.241 e. The van der Waals surface area contributed by atoms with Crippen LogP contribution in [0.4, 0.5) is 5.69 Å². The Kier molecular flexibility index (Phi) is 4.92. The van der Waals surface area contributed by atoms with Crippen LogP contribution >= 0.6 is 0 Å². The number of aromatic nitrogens is 1. The molecule has 0 saturated carbocycles. The number of nitrogens with zero attached hydrogens (tertiary/aromatic N) is 2. The number of hydrogen-bond donors (Lipinski definition) is 1. The van der Waals surface area contributed by atoms with Crippen LogP contribution in [0.1, 0.15) is 33.6 Å². The van der Waals surface area contributed by atoms with Crippen molar-refractivity contribution in [1.29, 1.82) is 0 Å². The van der Waals surface area contributed by atoms with Crippen LogP contribution in [0.3, 0.4) is 0 Å². The number of amides is 1. The van der Waals surface area contributed by atoms with Crippen molar-refractivity contribution < 1.29 is 4.79 Å². The zero-order valence-corrected chi connectivity index (χ0v) is 16.5.